The summed E-state index contributed by atoms with van der Waals surface area (Å²) >= 11 is 12.0. The predicted molar refractivity (Wildman–Crippen MR) is 100 cm³/mol. The fourth-order valence-corrected chi connectivity index (χ4v) is 4.72. The van der Waals surface area contributed by atoms with Gasteiger partial charge in [-0.15, -0.1) is 0 Å². The molecule has 4 nitrogen and oxygen atoms in total. The van der Waals surface area contributed by atoms with Crippen LogP contribution in [0.4, 0.5) is 0 Å². The Balaban J connectivity index is 1.64. The van der Waals surface area contributed by atoms with E-state index in [1.54, 1.807) is 30.3 Å². The van der Waals surface area contributed by atoms with Crippen molar-refractivity contribution in [3.8, 4) is 5.75 Å². The molecule has 0 saturated carbocycles. The van der Waals surface area contributed by atoms with Crippen molar-refractivity contribution in [2.75, 3.05) is 13.1 Å². The molecule has 0 radical (unpaired) electrons. The van der Waals surface area contributed by atoms with Crippen LogP contribution in [0, 0.1) is 6.92 Å². The molecule has 1 saturated heterocycles. The van der Waals surface area contributed by atoms with Crippen LogP contribution in [0.15, 0.2) is 47.4 Å². The van der Waals surface area contributed by atoms with Crippen LogP contribution >= 0.6 is 23.2 Å². The summed E-state index contributed by atoms with van der Waals surface area (Å²) in [5.74, 6) is 0.575. The molecule has 2 aromatic carbocycles. The second-order valence-electron chi connectivity index (χ2n) is 6.11. The molecular formula is C18H19Cl2NO3S. The number of hydrogen-bond acceptors (Lipinski definition) is 3. The highest BCUT2D eigenvalue weighted by molar-refractivity contribution is 7.89. The molecule has 25 heavy (non-hydrogen) atoms. The average molecular weight is 400 g/mol. The predicted octanol–water partition coefficient (Wildman–Crippen LogP) is 4.53. The highest BCUT2D eigenvalue weighted by Crippen LogP contribution is 2.30. The number of benzene rings is 2. The van der Waals surface area contributed by atoms with Crippen LogP contribution in [0.25, 0.3) is 0 Å². The Labute approximate surface area is 158 Å². The van der Waals surface area contributed by atoms with Gasteiger partial charge < -0.3 is 4.74 Å². The summed E-state index contributed by atoms with van der Waals surface area (Å²) in [5, 5.41) is 1.01. The minimum atomic E-state index is -3.45. The standard InChI is InChI=1S/C18H19Cl2NO3S/c1-13-2-5-16(6-3-13)25(22,23)21-10-8-15(9-11-21)24-18-7-4-14(19)12-17(18)20/h2-7,12,15H,8-11H2,1H3. The molecule has 2 aromatic rings. The number of nitrogens with zero attached hydrogens (tertiary/aromatic N) is 1. The van der Waals surface area contributed by atoms with E-state index in [1.807, 2.05) is 19.1 Å². The lowest BCUT2D eigenvalue weighted by atomic mass is 10.1. The molecule has 1 fully saturated rings. The summed E-state index contributed by atoms with van der Waals surface area (Å²) in [6.07, 6.45) is 1.16. The Hall–Kier alpha value is -1.27. The van der Waals surface area contributed by atoms with Crippen LogP contribution in [-0.4, -0.2) is 31.9 Å². The molecule has 0 atom stereocenters. The first-order valence-corrected chi connectivity index (χ1v) is 10.2. The van der Waals surface area contributed by atoms with E-state index in [4.69, 9.17) is 27.9 Å². The molecule has 0 aliphatic carbocycles. The number of sulfonamides is 1. The molecule has 134 valence electrons. The second-order valence-corrected chi connectivity index (χ2v) is 8.89. The third-order valence-electron chi connectivity index (χ3n) is 4.25. The van der Waals surface area contributed by atoms with Crippen molar-refractivity contribution in [3.05, 3.63) is 58.1 Å². The lowest BCUT2D eigenvalue weighted by Gasteiger charge is -2.31. The minimum absolute atomic E-state index is 0.0665. The van der Waals surface area contributed by atoms with E-state index in [0.29, 0.717) is 46.6 Å². The van der Waals surface area contributed by atoms with Gasteiger partial charge in [0.05, 0.1) is 9.92 Å². The number of rotatable bonds is 4. The van der Waals surface area contributed by atoms with Crippen molar-refractivity contribution in [1.29, 1.82) is 0 Å². The Morgan fingerprint density at radius 2 is 1.68 bits per heavy atom. The molecule has 0 amide bonds. The van der Waals surface area contributed by atoms with Gasteiger partial charge in [-0.3, -0.25) is 0 Å². The third-order valence-corrected chi connectivity index (χ3v) is 6.69. The first kappa shape index (κ1) is 18.5. The van der Waals surface area contributed by atoms with Gasteiger partial charge in [-0.2, -0.15) is 4.31 Å². The van der Waals surface area contributed by atoms with Crippen molar-refractivity contribution in [1.82, 2.24) is 4.31 Å². The Morgan fingerprint density at radius 3 is 2.28 bits per heavy atom. The largest absolute Gasteiger partial charge is 0.489 e. The molecule has 0 unspecified atom stereocenters. The zero-order valence-electron chi connectivity index (χ0n) is 13.8. The van der Waals surface area contributed by atoms with E-state index in [2.05, 4.69) is 0 Å². The third kappa shape index (κ3) is 4.29. The molecule has 0 spiro atoms. The average Bonchev–Trinajstić information content (AvgIpc) is 2.58. The summed E-state index contributed by atoms with van der Waals surface area (Å²) in [5.41, 5.74) is 1.03. The molecule has 0 aromatic heterocycles. The molecule has 0 bridgehead atoms. The van der Waals surface area contributed by atoms with Gasteiger partial charge in [0.2, 0.25) is 10.0 Å². The van der Waals surface area contributed by atoms with E-state index in [0.717, 1.165) is 5.56 Å². The van der Waals surface area contributed by atoms with Gasteiger partial charge in [-0.05, 0) is 50.1 Å². The van der Waals surface area contributed by atoms with Crippen LogP contribution in [0.3, 0.4) is 0 Å². The maximum atomic E-state index is 12.7. The van der Waals surface area contributed by atoms with Crippen molar-refractivity contribution in [2.45, 2.75) is 30.8 Å². The number of aryl methyl sites for hydroxylation is 1. The lowest BCUT2D eigenvalue weighted by Crippen LogP contribution is -2.41. The van der Waals surface area contributed by atoms with Crippen LogP contribution in [0.2, 0.25) is 10.0 Å². The summed E-state index contributed by atoms with van der Waals surface area (Å²) in [6.45, 7) is 2.78. The molecule has 3 rings (SSSR count). The minimum Gasteiger partial charge on any atom is -0.489 e. The zero-order chi connectivity index (χ0) is 18.0. The highest BCUT2D eigenvalue weighted by Gasteiger charge is 2.30. The quantitative estimate of drug-likeness (QED) is 0.758. The monoisotopic (exact) mass is 399 g/mol. The highest BCUT2D eigenvalue weighted by atomic mass is 35.5. The first-order chi connectivity index (χ1) is 11.9. The zero-order valence-corrected chi connectivity index (χ0v) is 16.1. The van der Waals surface area contributed by atoms with Gasteiger partial charge in [-0.1, -0.05) is 40.9 Å². The molecule has 1 aliphatic heterocycles. The van der Waals surface area contributed by atoms with Crippen molar-refractivity contribution in [3.63, 3.8) is 0 Å². The smallest absolute Gasteiger partial charge is 0.243 e. The lowest BCUT2D eigenvalue weighted by molar-refractivity contribution is 0.135. The van der Waals surface area contributed by atoms with Gasteiger partial charge in [0, 0.05) is 18.1 Å². The molecular weight excluding hydrogens is 381 g/mol. The molecule has 0 N–H and O–H groups in total. The Bertz CT molecular complexity index is 845. The van der Waals surface area contributed by atoms with Crippen molar-refractivity contribution in [2.24, 2.45) is 0 Å². The normalized spacial score (nSPS) is 16.8. The van der Waals surface area contributed by atoms with E-state index in [1.165, 1.54) is 4.31 Å². The van der Waals surface area contributed by atoms with Gasteiger partial charge >= 0.3 is 0 Å². The number of piperidine rings is 1. The fourth-order valence-electron chi connectivity index (χ4n) is 2.80. The number of halogens is 2. The second kappa shape index (κ2) is 7.54. The molecule has 1 aliphatic rings. The SMILES string of the molecule is Cc1ccc(S(=O)(=O)N2CCC(Oc3ccc(Cl)cc3Cl)CC2)cc1. The van der Waals surface area contributed by atoms with E-state index < -0.39 is 10.0 Å². The molecule has 7 heteroatoms. The van der Waals surface area contributed by atoms with Crippen molar-refractivity contribution < 1.29 is 13.2 Å². The summed E-state index contributed by atoms with van der Waals surface area (Å²) in [4.78, 5) is 0.332. The maximum Gasteiger partial charge on any atom is 0.243 e. The van der Waals surface area contributed by atoms with E-state index >= 15 is 0 Å². The number of ether oxygens (including phenoxy) is 1. The van der Waals surface area contributed by atoms with Crippen LogP contribution in [-0.2, 0) is 10.0 Å². The fraction of sp³-hybridized carbons (Fsp3) is 0.333. The Kier molecular flexibility index (Phi) is 5.58. The maximum absolute atomic E-state index is 12.7. The number of hydrogen-bond donors (Lipinski definition) is 0. The summed E-state index contributed by atoms with van der Waals surface area (Å²) in [6, 6.07) is 12.0. The van der Waals surface area contributed by atoms with Crippen LogP contribution in [0.1, 0.15) is 18.4 Å². The van der Waals surface area contributed by atoms with Gasteiger partial charge in [-0.25, -0.2) is 8.42 Å². The first-order valence-electron chi connectivity index (χ1n) is 8.05. The van der Waals surface area contributed by atoms with Gasteiger partial charge in [0.25, 0.3) is 0 Å². The molecule has 1 heterocycles. The van der Waals surface area contributed by atoms with Crippen LogP contribution in [0.5, 0.6) is 5.75 Å². The van der Waals surface area contributed by atoms with Crippen LogP contribution < -0.4 is 4.74 Å². The van der Waals surface area contributed by atoms with Gasteiger partial charge in [0.15, 0.2) is 0 Å². The van der Waals surface area contributed by atoms with Crippen molar-refractivity contribution >= 4 is 33.2 Å². The van der Waals surface area contributed by atoms with E-state index in [-0.39, 0.29) is 6.10 Å². The topological polar surface area (TPSA) is 46.6 Å². The van der Waals surface area contributed by atoms with E-state index in [9.17, 15) is 8.42 Å². The summed E-state index contributed by atoms with van der Waals surface area (Å²) in [7, 11) is -3.45. The summed E-state index contributed by atoms with van der Waals surface area (Å²) < 4.78 is 32.8. The Morgan fingerprint density at radius 1 is 1.04 bits per heavy atom. The van der Waals surface area contributed by atoms with Gasteiger partial charge in [0.1, 0.15) is 11.9 Å².